The summed E-state index contributed by atoms with van der Waals surface area (Å²) in [4.78, 5) is 0. The number of hydrogen-bond acceptors (Lipinski definition) is 1. The van der Waals surface area contributed by atoms with Crippen molar-refractivity contribution >= 4 is 12.6 Å². The van der Waals surface area contributed by atoms with Gasteiger partial charge in [-0.3, -0.25) is 0 Å². The van der Waals surface area contributed by atoms with Gasteiger partial charge in [-0.15, -0.1) is 0 Å². The van der Waals surface area contributed by atoms with Gasteiger partial charge in [-0.25, -0.2) is 0 Å². The minimum Gasteiger partial charge on any atom is -0.340 e. The molecular formula is C14H29SY-. The van der Waals surface area contributed by atoms with Crippen LogP contribution in [-0.2, 0) is 32.7 Å². The third-order valence-corrected chi connectivity index (χ3v) is 3.18. The third kappa shape index (κ3) is 11.9. The van der Waals surface area contributed by atoms with E-state index in [9.17, 15) is 0 Å². The van der Waals surface area contributed by atoms with E-state index in [4.69, 9.17) is 12.6 Å². The molecular weight excluding hydrogens is 289 g/mol. The molecule has 0 aromatic heterocycles. The van der Waals surface area contributed by atoms with Crippen LogP contribution in [0.15, 0.2) is 0 Å². The molecule has 0 heterocycles. The van der Waals surface area contributed by atoms with E-state index in [2.05, 4.69) is 41.5 Å². The maximum atomic E-state index is 4.77. The van der Waals surface area contributed by atoms with E-state index in [0.29, 0.717) is 5.92 Å². The largest absolute Gasteiger partial charge is 0.340 e. The zero-order chi connectivity index (χ0) is 12.1. The van der Waals surface area contributed by atoms with E-state index < -0.39 is 0 Å². The van der Waals surface area contributed by atoms with Crippen LogP contribution in [0.25, 0.3) is 0 Å². The zero-order valence-corrected chi connectivity index (χ0v) is 15.5. The molecule has 0 aromatic carbocycles. The first-order valence-corrected chi connectivity index (χ1v) is 6.73. The molecule has 0 bridgehead atoms. The van der Waals surface area contributed by atoms with E-state index in [1.807, 2.05) is 0 Å². The third-order valence-electron chi connectivity index (χ3n) is 2.81. The summed E-state index contributed by atoms with van der Waals surface area (Å²) in [5.74, 6) is 2.11. The van der Waals surface area contributed by atoms with E-state index in [0.717, 1.165) is 18.3 Å². The molecule has 0 fully saturated rings. The first kappa shape index (κ1) is 19.8. The monoisotopic (exact) mass is 318 g/mol. The number of thiol groups is 1. The Balaban J connectivity index is 0. The van der Waals surface area contributed by atoms with Crippen molar-refractivity contribution in [3.05, 3.63) is 6.92 Å². The minimum atomic E-state index is 0. The summed E-state index contributed by atoms with van der Waals surface area (Å²) in [6.07, 6.45) is 5.00. The van der Waals surface area contributed by atoms with E-state index in [-0.39, 0.29) is 37.5 Å². The molecule has 3 unspecified atom stereocenters. The first-order valence-electron chi connectivity index (χ1n) is 6.28. The van der Waals surface area contributed by atoms with Crippen LogP contribution in [0, 0.1) is 24.7 Å². The molecule has 0 N–H and O–H groups in total. The van der Waals surface area contributed by atoms with Gasteiger partial charge in [0.05, 0.1) is 0 Å². The van der Waals surface area contributed by atoms with Crippen LogP contribution in [0.4, 0.5) is 0 Å². The van der Waals surface area contributed by atoms with Gasteiger partial charge in [-0.2, -0.15) is 18.5 Å². The summed E-state index contributed by atoms with van der Waals surface area (Å²) in [5, 5.41) is 0. The first-order chi connectivity index (χ1) is 6.73. The van der Waals surface area contributed by atoms with Crippen LogP contribution < -0.4 is 0 Å². The Labute approximate surface area is 134 Å². The van der Waals surface area contributed by atoms with E-state index in [1.54, 1.807) is 0 Å². The molecule has 95 valence electrons. The number of rotatable bonds is 7. The van der Waals surface area contributed by atoms with Crippen molar-refractivity contribution in [2.24, 2.45) is 17.8 Å². The van der Waals surface area contributed by atoms with Crippen molar-refractivity contribution < 1.29 is 32.7 Å². The van der Waals surface area contributed by atoms with Crippen LogP contribution in [0.1, 0.15) is 60.3 Å². The molecule has 1 radical (unpaired) electrons. The van der Waals surface area contributed by atoms with Gasteiger partial charge in [-0.1, -0.05) is 53.9 Å². The predicted molar refractivity (Wildman–Crippen MR) is 74.4 cm³/mol. The fourth-order valence-corrected chi connectivity index (χ4v) is 2.93. The van der Waals surface area contributed by atoms with Crippen LogP contribution in [-0.4, -0.2) is 4.75 Å². The van der Waals surface area contributed by atoms with Gasteiger partial charge in [0.1, 0.15) is 0 Å². The average molecular weight is 318 g/mol. The van der Waals surface area contributed by atoms with Crippen LogP contribution >= 0.6 is 12.6 Å². The quantitative estimate of drug-likeness (QED) is 0.496. The molecule has 0 aliphatic heterocycles. The summed E-state index contributed by atoms with van der Waals surface area (Å²) in [6.45, 7) is 15.4. The Morgan fingerprint density at radius 2 is 1.56 bits per heavy atom. The van der Waals surface area contributed by atoms with Crippen molar-refractivity contribution in [2.75, 3.05) is 0 Å². The van der Waals surface area contributed by atoms with Gasteiger partial charge >= 0.3 is 0 Å². The second kappa shape index (κ2) is 9.39. The second-order valence-electron chi connectivity index (χ2n) is 6.09. The summed E-state index contributed by atoms with van der Waals surface area (Å²) >= 11 is 4.77. The van der Waals surface area contributed by atoms with Crippen molar-refractivity contribution in [3.63, 3.8) is 0 Å². The fraction of sp³-hybridized carbons (Fsp3) is 0.929. The number of hydrogen-bond donors (Lipinski definition) is 1. The molecule has 0 aromatic rings. The molecule has 0 rings (SSSR count). The van der Waals surface area contributed by atoms with Crippen molar-refractivity contribution in [1.82, 2.24) is 0 Å². The topological polar surface area (TPSA) is 0 Å². The molecule has 3 atom stereocenters. The maximum Gasteiger partial charge on any atom is 0.00820 e. The molecule has 0 amide bonds. The molecule has 2 heteroatoms. The second-order valence-corrected chi connectivity index (χ2v) is 7.17. The molecule has 0 aliphatic carbocycles. The Morgan fingerprint density at radius 3 is 1.94 bits per heavy atom. The fourth-order valence-electron chi connectivity index (χ4n) is 2.30. The Hall–Kier alpha value is 1.45. The summed E-state index contributed by atoms with van der Waals surface area (Å²) < 4.78 is 0.164. The molecule has 0 saturated carbocycles. The molecule has 0 saturated heterocycles. The van der Waals surface area contributed by atoms with Gasteiger partial charge in [0.25, 0.3) is 0 Å². The SMILES string of the molecule is [CH2-]C(C)CC(C)(S)CC(C)CCC(C)C.[Y]. The summed E-state index contributed by atoms with van der Waals surface area (Å²) in [6, 6.07) is 0. The van der Waals surface area contributed by atoms with E-state index in [1.165, 1.54) is 19.3 Å². The molecule has 0 spiro atoms. The Morgan fingerprint density at radius 1 is 1.06 bits per heavy atom. The van der Waals surface area contributed by atoms with Gasteiger partial charge < -0.3 is 6.92 Å². The van der Waals surface area contributed by atoms with Gasteiger partial charge in [0.2, 0.25) is 0 Å². The van der Waals surface area contributed by atoms with Crippen LogP contribution in [0.2, 0.25) is 0 Å². The maximum absolute atomic E-state index is 4.77. The molecule has 16 heavy (non-hydrogen) atoms. The average Bonchev–Trinajstić information content (AvgIpc) is 1.96. The minimum absolute atomic E-state index is 0. The zero-order valence-electron chi connectivity index (χ0n) is 11.8. The predicted octanol–water partition coefficient (Wildman–Crippen LogP) is 5.00. The Kier molecular flexibility index (Phi) is 11.6. The normalized spacial score (nSPS) is 18.8. The van der Waals surface area contributed by atoms with E-state index >= 15 is 0 Å². The molecule has 0 nitrogen and oxygen atoms in total. The van der Waals surface area contributed by atoms with Crippen LogP contribution in [0.5, 0.6) is 0 Å². The summed E-state index contributed by atoms with van der Waals surface area (Å²) in [7, 11) is 0. The van der Waals surface area contributed by atoms with Crippen molar-refractivity contribution in [1.29, 1.82) is 0 Å². The van der Waals surface area contributed by atoms with Crippen molar-refractivity contribution in [2.45, 2.75) is 65.0 Å². The van der Waals surface area contributed by atoms with Gasteiger partial charge in [-0.05, 0) is 18.3 Å². The Bertz CT molecular complexity index is 164. The van der Waals surface area contributed by atoms with Crippen molar-refractivity contribution in [3.8, 4) is 0 Å². The smallest absolute Gasteiger partial charge is 0.00820 e. The van der Waals surface area contributed by atoms with Crippen LogP contribution in [0.3, 0.4) is 0 Å². The standard InChI is InChI=1S/C14H29S.Y/c1-11(2)7-8-13(5)10-14(6,15)9-12(3)4;/h11-13,15H,3,7-10H2,1-2,4-6H3;/q-1;. The summed E-state index contributed by atoms with van der Waals surface area (Å²) in [5.41, 5.74) is 0. The van der Waals surface area contributed by atoms with Gasteiger partial charge in [0.15, 0.2) is 0 Å². The molecule has 0 aliphatic rings. The van der Waals surface area contributed by atoms with Gasteiger partial charge in [0, 0.05) is 37.5 Å².